The average molecular weight is 676 g/mol. The maximum atomic E-state index is 12.5. The van der Waals surface area contributed by atoms with Crippen molar-refractivity contribution < 1.29 is 37.3 Å². The zero-order chi connectivity index (χ0) is 34.2. The largest absolute Gasteiger partial charge is 0.756 e. The summed E-state index contributed by atoms with van der Waals surface area (Å²) in [5, 5.41) is 0. The number of nitrogens with zero attached hydrogens (tertiary/aromatic N) is 1. The molecule has 0 aromatic carbocycles. The second-order valence-electron chi connectivity index (χ2n) is 14.0. The first-order valence-corrected chi connectivity index (χ1v) is 20.4. The van der Waals surface area contributed by atoms with Crippen LogP contribution < -0.4 is 4.89 Å². The van der Waals surface area contributed by atoms with Gasteiger partial charge in [-0.15, -0.1) is 0 Å². The van der Waals surface area contributed by atoms with Crippen molar-refractivity contribution in [1.29, 1.82) is 0 Å². The van der Waals surface area contributed by atoms with E-state index in [0.717, 1.165) is 32.1 Å². The number of phosphoric acid groups is 1. The Kier molecular flexibility index (Phi) is 30.7. The Labute approximate surface area is 284 Å². The molecule has 0 rings (SSSR count). The van der Waals surface area contributed by atoms with E-state index >= 15 is 0 Å². The van der Waals surface area contributed by atoms with Gasteiger partial charge in [-0.25, -0.2) is 0 Å². The molecule has 8 nitrogen and oxygen atoms in total. The van der Waals surface area contributed by atoms with E-state index in [1.54, 1.807) is 6.26 Å². The normalized spacial score (nSPS) is 14.0. The summed E-state index contributed by atoms with van der Waals surface area (Å²) in [5.41, 5.74) is 0. The van der Waals surface area contributed by atoms with Gasteiger partial charge in [-0.05, 0) is 25.3 Å². The van der Waals surface area contributed by atoms with E-state index < -0.39 is 13.9 Å². The number of esters is 1. The molecule has 0 aliphatic heterocycles. The number of rotatable bonds is 35. The first-order valence-electron chi connectivity index (χ1n) is 19.0. The SMILES string of the molecule is CCCCCCCCCCCCCC/C=C\OC[C@H](COP(=O)([O-])OCC[N+](C)(C)C)OC(=O)CCCCCCCCCCCC. The van der Waals surface area contributed by atoms with Crippen LogP contribution in [0.25, 0.3) is 0 Å². The molecule has 0 aromatic rings. The lowest BCUT2D eigenvalue weighted by Crippen LogP contribution is -2.37. The lowest BCUT2D eigenvalue weighted by Gasteiger charge is -2.28. The van der Waals surface area contributed by atoms with Crippen molar-refractivity contribution in [2.75, 3.05) is 47.5 Å². The van der Waals surface area contributed by atoms with Gasteiger partial charge in [0.2, 0.25) is 0 Å². The maximum Gasteiger partial charge on any atom is 0.306 e. The van der Waals surface area contributed by atoms with Gasteiger partial charge in [-0.2, -0.15) is 0 Å². The number of hydrogen-bond donors (Lipinski definition) is 0. The Hall–Kier alpha value is -0.920. The highest BCUT2D eigenvalue weighted by atomic mass is 31.2. The monoisotopic (exact) mass is 676 g/mol. The molecule has 0 N–H and O–H groups in total. The summed E-state index contributed by atoms with van der Waals surface area (Å²) < 4.78 is 34.1. The molecule has 0 heterocycles. The smallest absolute Gasteiger partial charge is 0.306 e. The predicted molar refractivity (Wildman–Crippen MR) is 190 cm³/mol. The maximum absolute atomic E-state index is 12.5. The second-order valence-corrected chi connectivity index (χ2v) is 15.4. The zero-order valence-corrected chi connectivity index (χ0v) is 31.7. The first kappa shape index (κ1) is 45.1. The molecule has 46 heavy (non-hydrogen) atoms. The Bertz CT molecular complexity index is 756. The van der Waals surface area contributed by atoms with E-state index in [2.05, 4.69) is 13.8 Å². The Morgan fingerprint density at radius 2 is 1.13 bits per heavy atom. The third-order valence-corrected chi connectivity index (χ3v) is 9.13. The number of unbranched alkanes of at least 4 members (excludes halogenated alkanes) is 21. The van der Waals surface area contributed by atoms with Gasteiger partial charge in [0.15, 0.2) is 6.10 Å². The first-order chi connectivity index (χ1) is 22.1. The molecule has 0 aliphatic carbocycles. The van der Waals surface area contributed by atoms with Crippen molar-refractivity contribution in [3.8, 4) is 0 Å². The van der Waals surface area contributed by atoms with Gasteiger partial charge in [-0.1, -0.05) is 142 Å². The highest BCUT2D eigenvalue weighted by Crippen LogP contribution is 2.38. The number of likely N-dealkylation sites (N-methyl/N-ethyl adjacent to an activating group) is 1. The van der Waals surface area contributed by atoms with Crippen LogP contribution >= 0.6 is 7.82 Å². The minimum atomic E-state index is -4.52. The summed E-state index contributed by atoms with van der Waals surface area (Å²) in [5.74, 6) is -0.357. The predicted octanol–water partition coefficient (Wildman–Crippen LogP) is 10.0. The van der Waals surface area contributed by atoms with Gasteiger partial charge in [0.1, 0.15) is 19.8 Å². The highest BCUT2D eigenvalue weighted by molar-refractivity contribution is 7.45. The summed E-state index contributed by atoms with van der Waals surface area (Å²) >= 11 is 0. The number of carbonyl (C=O) groups is 1. The van der Waals surface area contributed by atoms with Gasteiger partial charge in [-0.3, -0.25) is 9.36 Å². The molecule has 0 fully saturated rings. The molecule has 0 amide bonds. The number of allylic oxidation sites excluding steroid dienone is 1. The average Bonchev–Trinajstić information content (AvgIpc) is 2.99. The fourth-order valence-electron chi connectivity index (χ4n) is 5.16. The van der Waals surface area contributed by atoms with E-state index in [0.29, 0.717) is 17.4 Å². The Morgan fingerprint density at radius 3 is 1.61 bits per heavy atom. The third-order valence-electron chi connectivity index (χ3n) is 8.16. The summed E-state index contributed by atoms with van der Waals surface area (Å²) in [7, 11) is 1.33. The van der Waals surface area contributed by atoms with Crippen molar-refractivity contribution in [1.82, 2.24) is 0 Å². The zero-order valence-electron chi connectivity index (χ0n) is 30.8. The molecule has 9 heteroatoms. The highest BCUT2D eigenvalue weighted by Gasteiger charge is 2.20. The van der Waals surface area contributed by atoms with Crippen LogP contribution in [0.1, 0.15) is 168 Å². The summed E-state index contributed by atoms with van der Waals surface area (Å²) in [6, 6.07) is 0. The molecular formula is C37H74NO7P. The Balaban J connectivity index is 4.34. The fraction of sp³-hybridized carbons (Fsp3) is 0.919. The van der Waals surface area contributed by atoms with E-state index in [1.165, 1.54) is 116 Å². The van der Waals surface area contributed by atoms with Crippen LogP contribution in [-0.2, 0) is 27.9 Å². The van der Waals surface area contributed by atoms with Gasteiger partial charge in [0, 0.05) is 6.42 Å². The molecule has 0 aliphatic rings. The summed E-state index contributed by atoms with van der Waals surface area (Å²) in [6.45, 7) is 4.72. The molecule has 0 saturated heterocycles. The van der Waals surface area contributed by atoms with Gasteiger partial charge < -0.3 is 27.9 Å². The van der Waals surface area contributed by atoms with Crippen LogP contribution in [0.4, 0.5) is 0 Å². The molecule has 1 unspecified atom stereocenters. The van der Waals surface area contributed by atoms with Crippen molar-refractivity contribution >= 4 is 13.8 Å². The summed E-state index contributed by atoms with van der Waals surface area (Å²) in [6.07, 6.45) is 31.7. The van der Waals surface area contributed by atoms with Crippen LogP contribution in [0.15, 0.2) is 12.3 Å². The lowest BCUT2D eigenvalue weighted by atomic mass is 10.0. The molecule has 0 bridgehead atoms. The lowest BCUT2D eigenvalue weighted by molar-refractivity contribution is -0.870. The van der Waals surface area contributed by atoms with E-state index in [1.807, 2.05) is 27.2 Å². The number of carbonyl (C=O) groups excluding carboxylic acids is 1. The number of phosphoric ester groups is 1. The topological polar surface area (TPSA) is 94.1 Å². The minimum absolute atomic E-state index is 0.0197. The van der Waals surface area contributed by atoms with Crippen LogP contribution in [0, 0.1) is 0 Å². The molecule has 0 spiro atoms. The van der Waals surface area contributed by atoms with Gasteiger partial charge in [0.25, 0.3) is 7.82 Å². The minimum Gasteiger partial charge on any atom is -0.756 e. The molecular weight excluding hydrogens is 601 g/mol. The molecule has 274 valence electrons. The standard InChI is InChI=1S/C37H74NO7P/c1-6-8-10-12-14-16-18-19-20-21-23-25-27-29-32-42-34-36(35-44-46(40,41)43-33-31-38(3,4)5)45-37(39)30-28-26-24-22-17-15-13-11-9-7-2/h29,32,36H,6-28,30-31,33-35H2,1-5H3/b32-29-/t36-/m1/s1. The van der Waals surface area contributed by atoms with Crippen molar-refractivity contribution in [2.24, 2.45) is 0 Å². The van der Waals surface area contributed by atoms with Crippen molar-refractivity contribution in [3.05, 3.63) is 12.3 Å². The number of ether oxygens (including phenoxy) is 2. The third kappa shape index (κ3) is 34.4. The molecule has 0 radical (unpaired) electrons. The van der Waals surface area contributed by atoms with Gasteiger partial charge in [0.05, 0.1) is 34.0 Å². The van der Waals surface area contributed by atoms with E-state index in [9.17, 15) is 14.3 Å². The molecule has 0 aromatic heterocycles. The van der Waals surface area contributed by atoms with E-state index in [4.69, 9.17) is 18.5 Å². The van der Waals surface area contributed by atoms with Crippen molar-refractivity contribution in [2.45, 2.75) is 174 Å². The number of quaternary nitrogens is 1. The molecule has 2 atom stereocenters. The van der Waals surface area contributed by atoms with Crippen LogP contribution in [0.3, 0.4) is 0 Å². The summed E-state index contributed by atoms with van der Waals surface area (Å²) in [4.78, 5) is 24.8. The fourth-order valence-corrected chi connectivity index (χ4v) is 5.89. The van der Waals surface area contributed by atoms with Crippen LogP contribution in [-0.4, -0.2) is 64.1 Å². The Morgan fingerprint density at radius 1 is 0.674 bits per heavy atom. The second kappa shape index (κ2) is 31.4. The van der Waals surface area contributed by atoms with Crippen LogP contribution in [0.5, 0.6) is 0 Å². The van der Waals surface area contributed by atoms with E-state index in [-0.39, 0.29) is 25.8 Å². The number of hydrogen-bond acceptors (Lipinski definition) is 7. The van der Waals surface area contributed by atoms with Crippen molar-refractivity contribution in [3.63, 3.8) is 0 Å². The van der Waals surface area contributed by atoms with Crippen LogP contribution in [0.2, 0.25) is 0 Å². The van der Waals surface area contributed by atoms with Gasteiger partial charge >= 0.3 is 5.97 Å². The quantitative estimate of drug-likeness (QED) is 0.0217. The molecule has 0 saturated carbocycles.